The lowest BCUT2D eigenvalue weighted by Gasteiger charge is -2.36. The average molecular weight is 671 g/mol. The van der Waals surface area contributed by atoms with Crippen molar-refractivity contribution in [2.45, 2.75) is 30.0 Å². The van der Waals surface area contributed by atoms with Gasteiger partial charge < -0.3 is 20.3 Å². The summed E-state index contributed by atoms with van der Waals surface area (Å²) in [6.45, 7) is 9.69. The Morgan fingerprint density at radius 3 is 2.20 bits per heavy atom. The number of rotatable bonds is 12. The van der Waals surface area contributed by atoms with Crippen molar-refractivity contribution in [1.82, 2.24) is 20.4 Å². The molecule has 2 heterocycles. The highest BCUT2D eigenvalue weighted by Gasteiger charge is 2.21. The Balaban J connectivity index is 1.23. The third-order valence-electron chi connectivity index (χ3n) is 8.73. The topological polar surface area (TPSA) is 60.1 Å². The molecule has 0 unspecified atom stereocenters. The van der Waals surface area contributed by atoms with Crippen LogP contribution in [0.15, 0.2) is 65.6 Å². The maximum Gasteiger partial charge on any atom is 0.314 e. The van der Waals surface area contributed by atoms with Gasteiger partial charge in [-0.15, -0.1) is 11.8 Å². The molecule has 0 spiro atoms. The molecule has 242 valence electrons. The molecule has 2 fully saturated rings. The summed E-state index contributed by atoms with van der Waals surface area (Å²) in [5, 5.41) is 6.88. The fourth-order valence-electron chi connectivity index (χ4n) is 6.13. The lowest BCUT2D eigenvalue weighted by Crippen LogP contribution is -2.47. The molecule has 0 bridgehead atoms. The van der Waals surface area contributed by atoms with Crippen molar-refractivity contribution in [2.24, 2.45) is 5.92 Å². The van der Waals surface area contributed by atoms with E-state index in [9.17, 15) is 4.79 Å². The molecule has 2 N–H and O–H groups in total. The molecule has 0 radical (unpaired) electrons. The van der Waals surface area contributed by atoms with Gasteiger partial charge in [0.05, 0.1) is 6.61 Å². The van der Waals surface area contributed by atoms with Gasteiger partial charge in [-0.05, 0) is 103 Å². The molecule has 2 aliphatic heterocycles. The minimum absolute atomic E-state index is 0.107. The number of anilines is 1. The average Bonchev–Trinajstić information content (AvgIpc) is 3.06. The molecule has 0 atom stereocenters. The van der Waals surface area contributed by atoms with Crippen molar-refractivity contribution >= 4 is 46.7 Å². The van der Waals surface area contributed by atoms with Gasteiger partial charge in [0.15, 0.2) is 0 Å². The van der Waals surface area contributed by atoms with E-state index in [-0.39, 0.29) is 6.03 Å². The summed E-state index contributed by atoms with van der Waals surface area (Å²) in [5.41, 5.74) is 6.04. The smallest absolute Gasteiger partial charge is 0.314 e. The Bertz CT molecular complexity index is 1370. The van der Waals surface area contributed by atoms with Crippen molar-refractivity contribution < 1.29 is 9.53 Å². The Kier molecular flexibility index (Phi) is 12.7. The summed E-state index contributed by atoms with van der Waals surface area (Å²) in [6, 6.07) is 21.6. The van der Waals surface area contributed by atoms with Crippen LogP contribution < -0.4 is 15.5 Å². The molecule has 2 amide bonds. The first kappa shape index (κ1) is 33.9. The molecular weight excluding hydrogens is 625 g/mol. The standard InChI is InChI=1S/C35H45Cl2N5O2S/c1-38-35(43)39-23-26-7-9-41(10-8-26)24-27-17-28(19-29(18-27)30-20-31(36)22-32(37)21-30)25-45-34-5-3-33(4-6-34)42-13-11-40(12-14-42)15-16-44-2/h3-6,17-22,26H,7-16,23-25H2,1-2H3,(H2,38,39,43). The quantitative estimate of drug-likeness (QED) is 0.206. The lowest BCUT2D eigenvalue weighted by atomic mass is 9.95. The summed E-state index contributed by atoms with van der Waals surface area (Å²) in [5.74, 6) is 1.39. The first-order chi connectivity index (χ1) is 21.9. The molecule has 0 saturated carbocycles. The Labute approximate surface area is 282 Å². The van der Waals surface area contributed by atoms with Crippen molar-refractivity contribution in [3.63, 3.8) is 0 Å². The van der Waals surface area contributed by atoms with Gasteiger partial charge in [0.1, 0.15) is 0 Å². The van der Waals surface area contributed by atoms with Crippen LogP contribution in [0.2, 0.25) is 10.0 Å². The van der Waals surface area contributed by atoms with E-state index in [0.29, 0.717) is 16.0 Å². The number of thioether (sulfide) groups is 1. The molecule has 5 rings (SSSR count). The zero-order valence-corrected chi connectivity index (χ0v) is 28.7. The van der Waals surface area contributed by atoms with Gasteiger partial charge in [0.2, 0.25) is 0 Å². The van der Waals surface area contributed by atoms with Gasteiger partial charge in [-0.1, -0.05) is 35.3 Å². The van der Waals surface area contributed by atoms with Crippen LogP contribution in [0.25, 0.3) is 11.1 Å². The molecule has 0 aliphatic carbocycles. The lowest BCUT2D eigenvalue weighted by molar-refractivity contribution is 0.144. The third-order valence-corrected chi connectivity index (χ3v) is 10.3. The predicted molar refractivity (Wildman–Crippen MR) is 189 cm³/mol. The molecule has 2 saturated heterocycles. The fourth-order valence-corrected chi connectivity index (χ4v) is 7.48. The van der Waals surface area contributed by atoms with E-state index < -0.39 is 0 Å². The number of carbonyl (C=O) groups excluding carboxylic acids is 1. The number of urea groups is 1. The van der Waals surface area contributed by atoms with E-state index in [0.717, 1.165) is 95.2 Å². The summed E-state index contributed by atoms with van der Waals surface area (Å²) in [6.07, 6.45) is 2.16. The third kappa shape index (κ3) is 10.3. The summed E-state index contributed by atoms with van der Waals surface area (Å²) >= 11 is 14.7. The fraction of sp³-hybridized carbons (Fsp3) is 0.457. The number of nitrogens with one attached hydrogen (secondary N) is 2. The zero-order valence-electron chi connectivity index (χ0n) is 26.4. The number of hydrogen-bond acceptors (Lipinski definition) is 6. The van der Waals surface area contributed by atoms with Crippen LogP contribution in [-0.4, -0.2) is 89.0 Å². The van der Waals surface area contributed by atoms with Gasteiger partial charge in [-0.25, -0.2) is 4.79 Å². The number of methoxy groups -OCH3 is 1. The second-order valence-electron chi connectivity index (χ2n) is 12.0. The van der Waals surface area contributed by atoms with Gasteiger partial charge >= 0.3 is 6.03 Å². The minimum Gasteiger partial charge on any atom is -0.383 e. The normalized spacial score (nSPS) is 16.6. The Morgan fingerprint density at radius 1 is 0.867 bits per heavy atom. The minimum atomic E-state index is -0.107. The van der Waals surface area contributed by atoms with E-state index in [1.54, 1.807) is 20.2 Å². The van der Waals surface area contributed by atoms with Crippen LogP contribution in [-0.2, 0) is 17.0 Å². The van der Waals surface area contributed by atoms with Crippen LogP contribution in [0.3, 0.4) is 0 Å². The highest BCUT2D eigenvalue weighted by Crippen LogP contribution is 2.32. The van der Waals surface area contributed by atoms with Crippen LogP contribution >= 0.6 is 35.0 Å². The number of likely N-dealkylation sites (tertiary alicyclic amines) is 1. The largest absolute Gasteiger partial charge is 0.383 e. The first-order valence-corrected chi connectivity index (χ1v) is 17.6. The molecule has 45 heavy (non-hydrogen) atoms. The van der Waals surface area contributed by atoms with Crippen molar-refractivity contribution in [1.29, 1.82) is 0 Å². The number of piperazine rings is 1. The highest BCUT2D eigenvalue weighted by atomic mass is 35.5. The van der Waals surface area contributed by atoms with Crippen molar-refractivity contribution in [3.05, 3.63) is 81.8 Å². The number of nitrogens with zero attached hydrogens (tertiary/aromatic N) is 3. The number of hydrogen-bond donors (Lipinski definition) is 2. The van der Waals surface area contributed by atoms with Crippen LogP contribution in [0, 0.1) is 5.92 Å². The van der Waals surface area contributed by atoms with Crippen molar-refractivity contribution in [2.75, 3.05) is 78.0 Å². The van der Waals surface area contributed by atoms with Gasteiger partial charge in [0, 0.05) is 86.4 Å². The van der Waals surface area contributed by atoms with E-state index in [4.69, 9.17) is 27.9 Å². The number of ether oxygens (including phenoxy) is 1. The molecule has 3 aromatic rings. The molecule has 10 heteroatoms. The summed E-state index contributed by atoms with van der Waals surface area (Å²) in [4.78, 5) is 20.3. The predicted octanol–water partition coefficient (Wildman–Crippen LogP) is 6.86. The number of benzene rings is 3. The van der Waals surface area contributed by atoms with Crippen LogP contribution in [0.4, 0.5) is 10.5 Å². The second-order valence-corrected chi connectivity index (χ2v) is 13.9. The molecule has 3 aromatic carbocycles. The maximum atomic E-state index is 11.6. The molecular formula is C35H45Cl2N5O2S. The highest BCUT2D eigenvalue weighted by molar-refractivity contribution is 7.98. The van der Waals surface area contributed by atoms with Crippen LogP contribution in [0.1, 0.15) is 24.0 Å². The van der Waals surface area contributed by atoms with Crippen LogP contribution in [0.5, 0.6) is 0 Å². The van der Waals surface area contributed by atoms with E-state index >= 15 is 0 Å². The second kappa shape index (κ2) is 16.9. The van der Waals surface area contributed by atoms with E-state index in [2.05, 4.69) is 67.8 Å². The number of piperidine rings is 1. The van der Waals surface area contributed by atoms with E-state index in [1.807, 2.05) is 23.9 Å². The SMILES string of the molecule is CNC(=O)NCC1CCN(Cc2cc(CSc3ccc(N4CCN(CCOC)CC4)cc3)cc(-c3cc(Cl)cc(Cl)c3)c2)CC1. The zero-order chi connectivity index (χ0) is 31.6. The summed E-state index contributed by atoms with van der Waals surface area (Å²) in [7, 11) is 3.42. The monoisotopic (exact) mass is 669 g/mol. The molecule has 7 nitrogen and oxygen atoms in total. The number of carbonyl (C=O) groups is 1. The first-order valence-electron chi connectivity index (χ1n) is 15.8. The Hall–Kier alpha value is -2.46. The van der Waals surface area contributed by atoms with Gasteiger partial charge in [-0.2, -0.15) is 0 Å². The number of amides is 2. The van der Waals surface area contributed by atoms with Gasteiger partial charge in [-0.3, -0.25) is 9.80 Å². The maximum absolute atomic E-state index is 11.6. The molecule has 0 aromatic heterocycles. The van der Waals surface area contributed by atoms with E-state index in [1.165, 1.54) is 21.7 Å². The Morgan fingerprint density at radius 2 is 1.53 bits per heavy atom. The van der Waals surface area contributed by atoms with Crippen molar-refractivity contribution in [3.8, 4) is 11.1 Å². The number of halogens is 2. The van der Waals surface area contributed by atoms with Gasteiger partial charge in [0.25, 0.3) is 0 Å². The summed E-state index contributed by atoms with van der Waals surface area (Å²) < 4.78 is 5.24. The molecule has 2 aliphatic rings.